The molecule has 2 heterocycles. The molecule has 1 aromatic carbocycles. The molecule has 1 N–H and O–H groups in total. The third-order valence-corrected chi connectivity index (χ3v) is 4.04. The normalized spacial score (nSPS) is 15.2. The first-order valence-electron chi connectivity index (χ1n) is 8.83. The fraction of sp³-hybridized carbons (Fsp3) is 0.474. The van der Waals surface area contributed by atoms with Crippen LogP contribution in [0.2, 0.25) is 0 Å². The largest absolute Gasteiger partial charge is 0.489 e. The molecule has 5 heteroatoms. The zero-order chi connectivity index (χ0) is 16.8. The van der Waals surface area contributed by atoms with Crippen LogP contribution >= 0.6 is 0 Å². The van der Waals surface area contributed by atoms with E-state index in [0.717, 1.165) is 36.3 Å². The van der Waals surface area contributed by atoms with E-state index < -0.39 is 0 Å². The van der Waals surface area contributed by atoms with Gasteiger partial charge in [0.05, 0.1) is 11.8 Å². The molecule has 24 heavy (non-hydrogen) atoms. The van der Waals surface area contributed by atoms with Crippen LogP contribution in [0.4, 0.5) is 17.5 Å². The number of para-hydroxylation sites is 2. The van der Waals surface area contributed by atoms with Gasteiger partial charge in [-0.15, -0.1) is 0 Å². The molecule has 2 aromatic rings. The zero-order valence-corrected chi connectivity index (χ0v) is 14.5. The summed E-state index contributed by atoms with van der Waals surface area (Å²) in [4.78, 5) is 11.4. The minimum absolute atomic E-state index is 0.131. The molecule has 128 valence electrons. The number of ether oxygens (including phenoxy) is 1. The van der Waals surface area contributed by atoms with Crippen LogP contribution in [0.5, 0.6) is 5.75 Å². The van der Waals surface area contributed by atoms with Crippen LogP contribution in [0.1, 0.15) is 39.5 Å². The average Bonchev–Trinajstić information content (AvgIpc) is 2.86. The van der Waals surface area contributed by atoms with E-state index in [1.54, 1.807) is 0 Å². The molecule has 5 nitrogen and oxygen atoms in total. The van der Waals surface area contributed by atoms with Crippen LogP contribution in [0.25, 0.3) is 0 Å². The second-order valence-corrected chi connectivity index (χ2v) is 6.43. The summed E-state index contributed by atoms with van der Waals surface area (Å²) in [5.41, 5.74) is 0.923. The highest BCUT2D eigenvalue weighted by Gasteiger charge is 2.13. The Labute approximate surface area is 144 Å². The fourth-order valence-electron chi connectivity index (χ4n) is 2.91. The van der Waals surface area contributed by atoms with Crippen molar-refractivity contribution in [2.45, 2.75) is 45.6 Å². The van der Waals surface area contributed by atoms with Crippen molar-refractivity contribution in [3.8, 4) is 5.75 Å². The maximum absolute atomic E-state index is 5.86. The lowest BCUT2D eigenvalue weighted by molar-refractivity contribution is 0.244. The van der Waals surface area contributed by atoms with Crippen LogP contribution in [-0.2, 0) is 0 Å². The summed E-state index contributed by atoms with van der Waals surface area (Å²) in [6, 6.07) is 9.84. The van der Waals surface area contributed by atoms with Gasteiger partial charge in [-0.1, -0.05) is 25.0 Å². The van der Waals surface area contributed by atoms with Crippen LogP contribution in [0.15, 0.2) is 36.5 Å². The van der Waals surface area contributed by atoms with E-state index in [9.17, 15) is 0 Å². The maximum atomic E-state index is 5.86. The summed E-state index contributed by atoms with van der Waals surface area (Å²) in [5, 5.41) is 3.37. The van der Waals surface area contributed by atoms with Crippen molar-refractivity contribution in [1.82, 2.24) is 9.97 Å². The summed E-state index contributed by atoms with van der Waals surface area (Å²) >= 11 is 0. The highest BCUT2D eigenvalue weighted by atomic mass is 16.5. The molecular weight excluding hydrogens is 300 g/mol. The van der Waals surface area contributed by atoms with Crippen molar-refractivity contribution in [3.63, 3.8) is 0 Å². The van der Waals surface area contributed by atoms with Crippen LogP contribution in [-0.4, -0.2) is 29.2 Å². The summed E-state index contributed by atoms with van der Waals surface area (Å²) in [5.74, 6) is 2.44. The molecule has 0 saturated carbocycles. The Morgan fingerprint density at radius 2 is 1.79 bits per heavy atom. The van der Waals surface area contributed by atoms with Crippen molar-refractivity contribution in [2.75, 3.05) is 23.3 Å². The second-order valence-electron chi connectivity index (χ2n) is 6.43. The second kappa shape index (κ2) is 7.99. The molecule has 1 aliphatic rings. The molecule has 0 aliphatic carbocycles. The zero-order valence-electron chi connectivity index (χ0n) is 14.5. The minimum atomic E-state index is 0.131. The molecule has 0 bridgehead atoms. The first-order chi connectivity index (χ1) is 11.7. The number of aromatic nitrogens is 2. The Morgan fingerprint density at radius 1 is 1.04 bits per heavy atom. The van der Waals surface area contributed by atoms with Gasteiger partial charge in [-0.3, -0.25) is 0 Å². The molecule has 0 amide bonds. The number of rotatable bonds is 5. The van der Waals surface area contributed by atoms with Crippen LogP contribution in [0.3, 0.4) is 0 Å². The van der Waals surface area contributed by atoms with Gasteiger partial charge in [0.2, 0.25) is 5.95 Å². The number of hydrogen-bond donors (Lipinski definition) is 1. The molecule has 0 atom stereocenters. The van der Waals surface area contributed by atoms with E-state index in [1.807, 2.05) is 50.4 Å². The highest BCUT2D eigenvalue weighted by Crippen LogP contribution is 2.28. The van der Waals surface area contributed by atoms with Gasteiger partial charge < -0.3 is 15.0 Å². The Hall–Kier alpha value is -2.30. The van der Waals surface area contributed by atoms with Crippen LogP contribution in [0, 0.1) is 0 Å². The van der Waals surface area contributed by atoms with Crippen molar-refractivity contribution in [3.05, 3.63) is 36.5 Å². The standard InChI is InChI=1S/C19H26N4O/c1-15(2)24-17-10-6-5-9-16(17)21-18-11-12-20-19(22-18)23-13-7-3-4-8-14-23/h5-6,9-12,15H,3-4,7-8,13-14H2,1-2H3,(H,20,21,22). The molecule has 0 spiro atoms. The predicted octanol–water partition coefficient (Wildman–Crippen LogP) is 4.39. The fourth-order valence-corrected chi connectivity index (χ4v) is 2.91. The molecule has 0 unspecified atom stereocenters. The topological polar surface area (TPSA) is 50.3 Å². The van der Waals surface area contributed by atoms with Crippen molar-refractivity contribution in [1.29, 1.82) is 0 Å². The third-order valence-electron chi connectivity index (χ3n) is 4.04. The van der Waals surface area contributed by atoms with E-state index in [-0.39, 0.29) is 6.10 Å². The predicted molar refractivity (Wildman–Crippen MR) is 98.2 cm³/mol. The van der Waals surface area contributed by atoms with Crippen LogP contribution < -0.4 is 15.0 Å². The van der Waals surface area contributed by atoms with Gasteiger partial charge in [0.1, 0.15) is 11.6 Å². The lowest BCUT2D eigenvalue weighted by atomic mass is 10.2. The van der Waals surface area contributed by atoms with Gasteiger partial charge >= 0.3 is 0 Å². The van der Waals surface area contributed by atoms with E-state index in [4.69, 9.17) is 9.72 Å². The lowest BCUT2D eigenvalue weighted by Crippen LogP contribution is -2.26. The van der Waals surface area contributed by atoms with Gasteiger partial charge in [-0.25, -0.2) is 4.98 Å². The van der Waals surface area contributed by atoms with Gasteiger partial charge in [0, 0.05) is 19.3 Å². The molecule has 1 aromatic heterocycles. The smallest absolute Gasteiger partial charge is 0.227 e. The number of benzene rings is 1. The first-order valence-corrected chi connectivity index (χ1v) is 8.83. The van der Waals surface area contributed by atoms with Crippen molar-refractivity contribution in [2.24, 2.45) is 0 Å². The van der Waals surface area contributed by atoms with Crippen molar-refractivity contribution < 1.29 is 4.74 Å². The molecule has 1 aliphatic heterocycles. The number of nitrogens with one attached hydrogen (secondary N) is 1. The highest BCUT2D eigenvalue weighted by molar-refractivity contribution is 5.64. The average molecular weight is 326 g/mol. The summed E-state index contributed by atoms with van der Waals surface area (Å²) in [6.07, 6.45) is 6.98. The molecule has 1 fully saturated rings. The van der Waals surface area contributed by atoms with Crippen molar-refractivity contribution >= 4 is 17.5 Å². The maximum Gasteiger partial charge on any atom is 0.227 e. The molecule has 3 rings (SSSR count). The van der Waals surface area contributed by atoms with Gasteiger partial charge in [-0.2, -0.15) is 4.98 Å². The van der Waals surface area contributed by atoms with Gasteiger partial charge in [-0.05, 0) is 44.9 Å². The molecule has 0 radical (unpaired) electrons. The monoisotopic (exact) mass is 326 g/mol. The van der Waals surface area contributed by atoms with E-state index >= 15 is 0 Å². The third kappa shape index (κ3) is 4.37. The number of nitrogens with zero attached hydrogens (tertiary/aromatic N) is 3. The Morgan fingerprint density at radius 3 is 2.54 bits per heavy atom. The van der Waals surface area contributed by atoms with E-state index in [1.165, 1.54) is 25.7 Å². The summed E-state index contributed by atoms with van der Waals surface area (Å²) in [6.45, 7) is 6.13. The minimum Gasteiger partial charge on any atom is -0.489 e. The SMILES string of the molecule is CC(C)Oc1ccccc1Nc1ccnc(N2CCCCCC2)n1. The van der Waals surface area contributed by atoms with Gasteiger partial charge in [0.15, 0.2) is 0 Å². The van der Waals surface area contributed by atoms with E-state index in [2.05, 4.69) is 15.2 Å². The summed E-state index contributed by atoms with van der Waals surface area (Å²) < 4.78 is 5.86. The Balaban J connectivity index is 1.77. The molecule has 1 saturated heterocycles. The quantitative estimate of drug-likeness (QED) is 0.883. The Kier molecular flexibility index (Phi) is 5.51. The lowest BCUT2D eigenvalue weighted by Gasteiger charge is -2.21. The Bertz CT molecular complexity index is 651. The van der Waals surface area contributed by atoms with E-state index in [0.29, 0.717) is 0 Å². The summed E-state index contributed by atoms with van der Waals surface area (Å²) in [7, 11) is 0. The molecular formula is C19H26N4O. The number of anilines is 3. The van der Waals surface area contributed by atoms with Gasteiger partial charge in [0.25, 0.3) is 0 Å². The first kappa shape index (κ1) is 16.6. The number of hydrogen-bond acceptors (Lipinski definition) is 5.